The van der Waals surface area contributed by atoms with Crippen LogP contribution in [0.25, 0.3) is 11.3 Å². The Morgan fingerprint density at radius 1 is 0.931 bits per heavy atom. The number of hydrogen-bond acceptors (Lipinski definition) is 5. The average Bonchev–Trinajstić information content (AvgIpc) is 3.38. The lowest BCUT2D eigenvalue weighted by Gasteiger charge is -2.22. The standard InChI is InChI=1S/C22H22N4O3/c27-22(17-7-8-19-20(13-17)29-15-28-19)26-10-4-9-25(11-12-26)21-14-18(23-24-21)16-5-2-1-3-6-16/h1-3,5-8,13-14H,4,9-12,15H2,(H,23,24). The molecule has 0 saturated carbocycles. The highest BCUT2D eigenvalue weighted by Gasteiger charge is 2.23. The van der Waals surface area contributed by atoms with Crippen LogP contribution in [0.1, 0.15) is 16.8 Å². The number of carbonyl (C=O) groups excluding carboxylic acids is 1. The minimum Gasteiger partial charge on any atom is -0.454 e. The van der Waals surface area contributed by atoms with Gasteiger partial charge in [-0.05, 0) is 30.2 Å². The first kappa shape index (κ1) is 17.6. The van der Waals surface area contributed by atoms with Crippen LogP contribution in [0.5, 0.6) is 11.5 Å². The Bertz CT molecular complexity index is 1020. The van der Waals surface area contributed by atoms with Crippen LogP contribution in [0.3, 0.4) is 0 Å². The molecule has 0 radical (unpaired) electrons. The summed E-state index contributed by atoms with van der Waals surface area (Å²) in [4.78, 5) is 17.1. The van der Waals surface area contributed by atoms with Gasteiger partial charge in [-0.2, -0.15) is 5.10 Å². The van der Waals surface area contributed by atoms with Crippen molar-refractivity contribution in [1.82, 2.24) is 15.1 Å². The van der Waals surface area contributed by atoms with Crippen molar-refractivity contribution in [3.8, 4) is 22.8 Å². The fourth-order valence-electron chi connectivity index (χ4n) is 3.80. The largest absolute Gasteiger partial charge is 0.454 e. The minimum atomic E-state index is 0.0251. The van der Waals surface area contributed by atoms with Crippen molar-refractivity contribution in [2.45, 2.75) is 6.42 Å². The molecule has 7 heteroatoms. The molecule has 0 aliphatic carbocycles. The normalized spacial score (nSPS) is 16.0. The van der Waals surface area contributed by atoms with Gasteiger partial charge < -0.3 is 19.3 Å². The molecule has 0 bridgehead atoms. The van der Waals surface area contributed by atoms with Gasteiger partial charge in [0.1, 0.15) is 0 Å². The van der Waals surface area contributed by atoms with E-state index in [0.29, 0.717) is 23.6 Å². The molecule has 2 aromatic carbocycles. The highest BCUT2D eigenvalue weighted by atomic mass is 16.7. The summed E-state index contributed by atoms with van der Waals surface area (Å²) in [7, 11) is 0. The smallest absolute Gasteiger partial charge is 0.254 e. The molecule has 1 aromatic heterocycles. The number of nitrogens with one attached hydrogen (secondary N) is 1. The van der Waals surface area contributed by atoms with Crippen molar-refractivity contribution in [1.29, 1.82) is 0 Å². The topological polar surface area (TPSA) is 70.7 Å². The Kier molecular flexibility index (Phi) is 4.56. The van der Waals surface area contributed by atoms with Gasteiger partial charge in [0.15, 0.2) is 17.3 Å². The summed E-state index contributed by atoms with van der Waals surface area (Å²) in [6.45, 7) is 3.19. The van der Waals surface area contributed by atoms with E-state index in [1.54, 1.807) is 18.2 Å². The Hall–Kier alpha value is -3.48. The molecule has 29 heavy (non-hydrogen) atoms. The van der Waals surface area contributed by atoms with E-state index in [-0.39, 0.29) is 12.7 Å². The lowest BCUT2D eigenvalue weighted by molar-refractivity contribution is 0.0766. The molecule has 148 valence electrons. The van der Waals surface area contributed by atoms with E-state index >= 15 is 0 Å². The second kappa shape index (κ2) is 7.50. The number of H-pyrrole nitrogens is 1. The van der Waals surface area contributed by atoms with Gasteiger partial charge >= 0.3 is 0 Å². The molecule has 1 amide bonds. The Morgan fingerprint density at radius 3 is 2.69 bits per heavy atom. The van der Waals surface area contributed by atoms with Crippen LogP contribution in [0, 0.1) is 0 Å². The molecule has 2 aliphatic rings. The molecule has 0 unspecified atom stereocenters. The maximum atomic E-state index is 13.0. The van der Waals surface area contributed by atoms with Crippen molar-refractivity contribution in [2.24, 2.45) is 0 Å². The summed E-state index contributed by atoms with van der Waals surface area (Å²) in [6.07, 6.45) is 0.893. The van der Waals surface area contributed by atoms with E-state index < -0.39 is 0 Å². The Labute approximate surface area is 168 Å². The number of amides is 1. The molecule has 1 saturated heterocycles. The summed E-state index contributed by atoms with van der Waals surface area (Å²) in [6, 6.07) is 17.6. The first-order chi connectivity index (χ1) is 14.3. The number of nitrogens with zero attached hydrogens (tertiary/aromatic N) is 3. The van der Waals surface area contributed by atoms with E-state index in [1.165, 1.54) is 0 Å². The third kappa shape index (κ3) is 3.51. The maximum absolute atomic E-state index is 13.0. The first-order valence-electron chi connectivity index (χ1n) is 9.83. The average molecular weight is 390 g/mol. The fraction of sp³-hybridized carbons (Fsp3) is 0.273. The van der Waals surface area contributed by atoms with Crippen molar-refractivity contribution < 1.29 is 14.3 Å². The van der Waals surface area contributed by atoms with Crippen LogP contribution in [0.2, 0.25) is 0 Å². The van der Waals surface area contributed by atoms with Crippen LogP contribution < -0.4 is 14.4 Å². The predicted molar refractivity (Wildman–Crippen MR) is 109 cm³/mol. The first-order valence-corrected chi connectivity index (χ1v) is 9.83. The lowest BCUT2D eigenvalue weighted by Crippen LogP contribution is -2.35. The quantitative estimate of drug-likeness (QED) is 0.744. The summed E-state index contributed by atoms with van der Waals surface area (Å²) in [5.41, 5.74) is 2.74. The maximum Gasteiger partial charge on any atom is 0.254 e. The van der Waals surface area contributed by atoms with Gasteiger partial charge in [0.05, 0.1) is 5.69 Å². The Balaban J connectivity index is 1.27. The molecule has 5 rings (SSSR count). The fourth-order valence-corrected chi connectivity index (χ4v) is 3.80. The SMILES string of the molecule is O=C(c1ccc2c(c1)OCO2)N1CCCN(c2cc(-c3ccccc3)[nH]n2)CC1. The zero-order chi connectivity index (χ0) is 19.6. The van der Waals surface area contributed by atoms with E-state index in [2.05, 4.69) is 33.3 Å². The van der Waals surface area contributed by atoms with Crippen LogP contribution in [-0.4, -0.2) is 54.0 Å². The zero-order valence-electron chi connectivity index (χ0n) is 16.0. The number of aromatic nitrogens is 2. The monoisotopic (exact) mass is 390 g/mol. The van der Waals surface area contributed by atoms with E-state index in [1.807, 2.05) is 23.1 Å². The minimum absolute atomic E-state index is 0.0251. The molecule has 0 spiro atoms. The predicted octanol–water partition coefficient (Wildman–Crippen LogP) is 3.16. The third-order valence-corrected chi connectivity index (χ3v) is 5.38. The number of carbonyl (C=O) groups is 1. The summed E-state index contributed by atoms with van der Waals surface area (Å²) in [5, 5.41) is 7.62. The van der Waals surface area contributed by atoms with Crippen LogP contribution in [0.15, 0.2) is 54.6 Å². The van der Waals surface area contributed by atoms with Gasteiger partial charge in [-0.15, -0.1) is 0 Å². The van der Waals surface area contributed by atoms with Crippen LogP contribution in [-0.2, 0) is 0 Å². The number of aromatic amines is 1. The molecular weight excluding hydrogens is 368 g/mol. The van der Waals surface area contributed by atoms with Gasteiger partial charge in [0, 0.05) is 37.8 Å². The van der Waals surface area contributed by atoms with Crippen LogP contribution in [0.4, 0.5) is 5.82 Å². The second-order valence-corrected chi connectivity index (χ2v) is 7.21. The highest BCUT2D eigenvalue weighted by molar-refractivity contribution is 5.95. The number of fused-ring (bicyclic) bond motifs is 1. The molecule has 0 atom stereocenters. The van der Waals surface area contributed by atoms with Crippen molar-refractivity contribution in [3.05, 3.63) is 60.2 Å². The molecular formula is C22H22N4O3. The summed E-state index contributed by atoms with van der Waals surface area (Å²) >= 11 is 0. The number of ether oxygens (including phenoxy) is 2. The van der Waals surface area contributed by atoms with Crippen molar-refractivity contribution in [2.75, 3.05) is 37.9 Å². The number of rotatable bonds is 3. The number of anilines is 1. The van der Waals surface area contributed by atoms with Gasteiger partial charge in [-0.1, -0.05) is 30.3 Å². The lowest BCUT2D eigenvalue weighted by atomic mass is 10.1. The Morgan fingerprint density at radius 2 is 1.79 bits per heavy atom. The zero-order valence-corrected chi connectivity index (χ0v) is 16.0. The summed E-state index contributed by atoms with van der Waals surface area (Å²) in [5.74, 6) is 2.27. The highest BCUT2D eigenvalue weighted by Crippen LogP contribution is 2.33. The molecule has 1 N–H and O–H groups in total. The van der Waals surface area contributed by atoms with E-state index in [9.17, 15) is 4.79 Å². The summed E-state index contributed by atoms with van der Waals surface area (Å²) < 4.78 is 10.7. The number of benzene rings is 2. The van der Waals surface area contributed by atoms with Crippen molar-refractivity contribution in [3.63, 3.8) is 0 Å². The van der Waals surface area contributed by atoms with Crippen molar-refractivity contribution >= 4 is 11.7 Å². The van der Waals surface area contributed by atoms with Gasteiger partial charge in [-0.3, -0.25) is 9.89 Å². The third-order valence-electron chi connectivity index (χ3n) is 5.38. The van der Waals surface area contributed by atoms with E-state index in [4.69, 9.17) is 9.47 Å². The van der Waals surface area contributed by atoms with Gasteiger partial charge in [0.2, 0.25) is 6.79 Å². The second-order valence-electron chi connectivity index (χ2n) is 7.21. The van der Waals surface area contributed by atoms with Crippen LogP contribution >= 0.6 is 0 Å². The molecule has 3 aromatic rings. The van der Waals surface area contributed by atoms with E-state index in [0.717, 1.165) is 43.1 Å². The molecule has 1 fully saturated rings. The van der Waals surface area contributed by atoms with Gasteiger partial charge in [-0.25, -0.2) is 0 Å². The number of hydrogen-bond donors (Lipinski definition) is 1. The van der Waals surface area contributed by atoms with Gasteiger partial charge in [0.25, 0.3) is 5.91 Å². The molecule has 3 heterocycles. The molecule has 2 aliphatic heterocycles. The molecule has 7 nitrogen and oxygen atoms in total.